The lowest BCUT2D eigenvalue weighted by molar-refractivity contribution is 0.264. The normalized spacial score (nSPS) is 35.1. The van der Waals surface area contributed by atoms with Crippen LogP contribution in [0.25, 0.3) is 0 Å². The minimum absolute atomic E-state index is 0.0972. The van der Waals surface area contributed by atoms with Gasteiger partial charge in [0.2, 0.25) is 0 Å². The van der Waals surface area contributed by atoms with Crippen molar-refractivity contribution < 1.29 is 0 Å². The summed E-state index contributed by atoms with van der Waals surface area (Å²) in [4.78, 5) is 0. The van der Waals surface area contributed by atoms with Crippen molar-refractivity contribution in [1.82, 2.24) is 0 Å². The molecule has 12 heavy (non-hydrogen) atoms. The highest BCUT2D eigenvalue weighted by atomic mass is 14.4. The summed E-state index contributed by atoms with van der Waals surface area (Å²) in [5.41, 5.74) is -0.0972. The second kappa shape index (κ2) is 3.63. The molecule has 0 aromatic heterocycles. The highest BCUT2D eigenvalue weighted by Gasteiger charge is 2.34. The summed E-state index contributed by atoms with van der Waals surface area (Å²) in [6.07, 6.45) is 14.2. The van der Waals surface area contributed by atoms with Gasteiger partial charge in [-0.3, -0.25) is 0 Å². The fourth-order valence-corrected chi connectivity index (χ4v) is 2.04. The fraction of sp³-hybridized carbons (Fsp3) is 0.500. The molecule has 0 aliphatic heterocycles. The molecule has 1 fully saturated rings. The third-order valence-electron chi connectivity index (χ3n) is 2.93. The number of hydrogen-bond donors (Lipinski definition) is 0. The third kappa shape index (κ3) is 1.32. The van der Waals surface area contributed by atoms with E-state index >= 15 is 0 Å². The average Bonchev–Trinajstić information content (AvgIpc) is 2.17. The summed E-state index contributed by atoms with van der Waals surface area (Å²) in [7, 11) is 0. The maximum absolute atomic E-state index is 5.55. The molecule has 0 nitrogen and oxygen atoms in total. The zero-order valence-electron chi connectivity index (χ0n) is 7.55. The summed E-state index contributed by atoms with van der Waals surface area (Å²) in [6, 6.07) is 0. The Hall–Kier alpha value is -0.960. The lowest BCUT2D eigenvalue weighted by Gasteiger charge is -2.36. The van der Waals surface area contributed by atoms with Gasteiger partial charge in [-0.2, -0.15) is 0 Å². The Morgan fingerprint density at radius 1 is 1.42 bits per heavy atom. The van der Waals surface area contributed by atoms with Crippen LogP contribution in [-0.2, 0) is 0 Å². The van der Waals surface area contributed by atoms with E-state index in [4.69, 9.17) is 6.42 Å². The maximum Gasteiger partial charge on any atom is 0.0550 e. The first-order valence-electron chi connectivity index (χ1n) is 4.53. The van der Waals surface area contributed by atoms with Crippen molar-refractivity contribution in [3.8, 4) is 12.3 Å². The van der Waals surface area contributed by atoms with Gasteiger partial charge in [-0.05, 0) is 18.8 Å². The average molecular weight is 160 g/mol. The summed E-state index contributed by atoms with van der Waals surface area (Å²) < 4.78 is 0. The molecule has 0 aromatic carbocycles. The smallest absolute Gasteiger partial charge is 0.0550 e. The van der Waals surface area contributed by atoms with Gasteiger partial charge in [0.05, 0.1) is 5.41 Å². The lowest BCUT2D eigenvalue weighted by Crippen LogP contribution is -2.28. The van der Waals surface area contributed by atoms with E-state index in [2.05, 4.69) is 19.1 Å². The molecule has 1 aliphatic rings. The third-order valence-corrected chi connectivity index (χ3v) is 2.93. The molecule has 0 spiro atoms. The maximum atomic E-state index is 5.55. The molecular weight excluding hydrogens is 144 g/mol. The number of allylic oxidation sites excluding steroid dienone is 2. The second-order valence-electron chi connectivity index (χ2n) is 3.48. The Labute approximate surface area is 75.4 Å². The van der Waals surface area contributed by atoms with Gasteiger partial charge >= 0.3 is 0 Å². The van der Waals surface area contributed by atoms with Gasteiger partial charge in [0.1, 0.15) is 0 Å². The van der Waals surface area contributed by atoms with Gasteiger partial charge in [-0.15, -0.1) is 19.6 Å². The fourth-order valence-electron chi connectivity index (χ4n) is 2.04. The summed E-state index contributed by atoms with van der Waals surface area (Å²) in [5.74, 6) is 3.32. The monoisotopic (exact) mass is 160 g/mol. The van der Waals surface area contributed by atoms with Crippen molar-refractivity contribution in [1.29, 1.82) is 0 Å². The molecule has 0 radical (unpaired) electrons. The van der Waals surface area contributed by atoms with E-state index in [1.807, 2.05) is 12.2 Å². The molecule has 0 heteroatoms. The predicted molar refractivity (Wildman–Crippen MR) is 53.6 cm³/mol. The summed E-state index contributed by atoms with van der Waals surface area (Å²) in [5, 5.41) is 0. The molecule has 0 bridgehead atoms. The van der Waals surface area contributed by atoms with Gasteiger partial charge in [-0.1, -0.05) is 30.9 Å². The lowest BCUT2D eigenvalue weighted by atomic mass is 9.67. The van der Waals surface area contributed by atoms with E-state index in [9.17, 15) is 0 Å². The van der Waals surface area contributed by atoms with Crippen LogP contribution in [0.5, 0.6) is 0 Å². The Morgan fingerprint density at radius 2 is 2.17 bits per heavy atom. The first kappa shape index (κ1) is 9.13. The minimum atomic E-state index is -0.0972. The van der Waals surface area contributed by atoms with Gasteiger partial charge in [0.15, 0.2) is 0 Å². The SMILES string of the molecule is C#CC1(C=C)CCCCC1C=C. The zero-order valence-corrected chi connectivity index (χ0v) is 7.55. The van der Waals surface area contributed by atoms with Crippen LogP contribution in [0.15, 0.2) is 25.3 Å². The van der Waals surface area contributed by atoms with Crippen molar-refractivity contribution in [2.75, 3.05) is 0 Å². The molecule has 1 aliphatic carbocycles. The second-order valence-corrected chi connectivity index (χ2v) is 3.48. The van der Waals surface area contributed by atoms with Crippen molar-refractivity contribution in [2.45, 2.75) is 25.7 Å². The molecule has 1 saturated carbocycles. The number of terminal acetylenes is 1. The van der Waals surface area contributed by atoms with Gasteiger partial charge in [-0.25, -0.2) is 0 Å². The molecule has 0 saturated heterocycles. The first-order chi connectivity index (χ1) is 5.79. The summed E-state index contributed by atoms with van der Waals surface area (Å²) >= 11 is 0. The van der Waals surface area contributed by atoms with Crippen LogP contribution in [0.1, 0.15) is 25.7 Å². The molecular formula is C12H16. The molecule has 2 unspecified atom stereocenters. The molecule has 0 N–H and O–H groups in total. The van der Waals surface area contributed by atoms with Crippen molar-refractivity contribution in [2.24, 2.45) is 11.3 Å². The first-order valence-corrected chi connectivity index (χ1v) is 4.53. The highest BCUT2D eigenvalue weighted by molar-refractivity contribution is 5.21. The molecule has 64 valence electrons. The molecule has 2 atom stereocenters. The van der Waals surface area contributed by atoms with Gasteiger partial charge < -0.3 is 0 Å². The van der Waals surface area contributed by atoms with Crippen molar-refractivity contribution in [3.05, 3.63) is 25.3 Å². The molecule has 1 rings (SSSR count). The zero-order chi connectivity index (χ0) is 9.03. The standard InChI is InChI=1S/C12H16/c1-4-11-9-7-8-10-12(11,5-2)6-3/h2,4,6,11H,1,3,7-10H2. The van der Waals surface area contributed by atoms with E-state index in [0.29, 0.717) is 5.92 Å². The number of rotatable bonds is 2. The molecule has 0 heterocycles. The van der Waals surface area contributed by atoms with Gasteiger partial charge in [0.25, 0.3) is 0 Å². The molecule has 0 amide bonds. The highest BCUT2D eigenvalue weighted by Crippen LogP contribution is 2.42. The number of hydrogen-bond acceptors (Lipinski definition) is 0. The van der Waals surface area contributed by atoms with E-state index in [0.717, 1.165) is 6.42 Å². The summed E-state index contributed by atoms with van der Waals surface area (Å²) in [6.45, 7) is 7.67. The quantitative estimate of drug-likeness (QED) is 0.430. The van der Waals surface area contributed by atoms with Crippen LogP contribution in [0.3, 0.4) is 0 Å². The largest absolute Gasteiger partial charge is 0.119 e. The van der Waals surface area contributed by atoms with Crippen molar-refractivity contribution in [3.63, 3.8) is 0 Å². The minimum Gasteiger partial charge on any atom is -0.119 e. The van der Waals surface area contributed by atoms with Crippen molar-refractivity contribution >= 4 is 0 Å². The topological polar surface area (TPSA) is 0 Å². The van der Waals surface area contributed by atoms with E-state index in [1.54, 1.807) is 0 Å². The van der Waals surface area contributed by atoms with Crippen LogP contribution in [-0.4, -0.2) is 0 Å². The van der Waals surface area contributed by atoms with Crippen LogP contribution in [0.4, 0.5) is 0 Å². The van der Waals surface area contributed by atoms with Crippen LogP contribution in [0, 0.1) is 23.7 Å². The van der Waals surface area contributed by atoms with E-state index < -0.39 is 0 Å². The molecule has 0 aromatic rings. The van der Waals surface area contributed by atoms with Crippen LogP contribution >= 0.6 is 0 Å². The Kier molecular flexibility index (Phi) is 2.76. The van der Waals surface area contributed by atoms with Gasteiger partial charge in [0, 0.05) is 0 Å². The van der Waals surface area contributed by atoms with Crippen LogP contribution < -0.4 is 0 Å². The van der Waals surface area contributed by atoms with E-state index in [-0.39, 0.29) is 5.41 Å². The predicted octanol–water partition coefficient (Wildman–Crippen LogP) is 3.17. The Morgan fingerprint density at radius 3 is 2.58 bits per heavy atom. The Balaban J connectivity index is 2.89. The van der Waals surface area contributed by atoms with Crippen LogP contribution in [0.2, 0.25) is 0 Å². The Bertz CT molecular complexity index is 219. The van der Waals surface area contributed by atoms with E-state index in [1.165, 1.54) is 19.3 Å².